The Labute approximate surface area is 431 Å². The van der Waals surface area contributed by atoms with Gasteiger partial charge >= 0.3 is 12.1 Å². The number of likely N-dealkylation sites (N-methyl/N-ethyl adjacent to an activating group) is 1. The topological polar surface area (TPSA) is 196 Å². The second-order valence-electron chi connectivity index (χ2n) is 19.4. The van der Waals surface area contributed by atoms with Gasteiger partial charge in [0.05, 0.1) is 52.1 Å². The number of aromatic nitrogens is 5. The van der Waals surface area contributed by atoms with Gasteiger partial charge in [0, 0.05) is 96.0 Å². The fourth-order valence-corrected chi connectivity index (χ4v) is 11.9. The van der Waals surface area contributed by atoms with Gasteiger partial charge in [0.2, 0.25) is 18.6 Å². The lowest BCUT2D eigenvalue weighted by Crippen LogP contribution is -2.63. The van der Waals surface area contributed by atoms with Gasteiger partial charge in [-0.25, -0.2) is 19.4 Å². The van der Waals surface area contributed by atoms with Crippen molar-refractivity contribution >= 4 is 40.7 Å². The fourth-order valence-electron chi connectivity index (χ4n) is 11.9. The molecular weight excluding hydrogens is 949 g/mol. The molecule has 5 aromatic rings. The zero-order valence-corrected chi connectivity index (χ0v) is 43.6. The standard InChI is InChI=1S/C54H68N10O10/c1-8-48(66)73-34-74-53(68)59(3)19-15-47(65)63-21-14-37-28-44(70-5)46(72-7)30-41(37)54(63)16-10-38(26-42(54)49-39-29-45(71-6)43(69-4)27-36(39)13-20-60(49)9-2)52(67)62-24-22-61(23-25-62)50-40-31-58-64(51(40)57-33-56-50)32-35-11-17-55-18-12-35/h11-12,17-18,27-31,33,38,42,49H,8-10,13-16,19-26,32,34H2,1-7H3/t38-,42?,49?,54+/m1/s1. The minimum absolute atomic E-state index is 0.00197. The van der Waals surface area contributed by atoms with Crippen LogP contribution < -0.4 is 23.8 Å². The van der Waals surface area contributed by atoms with Crippen molar-refractivity contribution in [2.45, 2.75) is 76.9 Å². The van der Waals surface area contributed by atoms with Crippen molar-refractivity contribution < 1.29 is 47.6 Å². The summed E-state index contributed by atoms with van der Waals surface area (Å²) in [5.74, 6) is 1.98. The van der Waals surface area contributed by atoms with Gasteiger partial charge in [0.1, 0.15) is 12.1 Å². The summed E-state index contributed by atoms with van der Waals surface area (Å²) in [4.78, 5) is 78.9. The number of benzene rings is 2. The molecule has 0 N–H and O–H groups in total. The maximum Gasteiger partial charge on any atom is 0.412 e. The van der Waals surface area contributed by atoms with Gasteiger partial charge in [-0.05, 0) is 103 Å². The van der Waals surface area contributed by atoms with E-state index >= 15 is 9.59 Å². The first-order valence-electron chi connectivity index (χ1n) is 25.6. The molecule has 2 fully saturated rings. The second-order valence-corrected chi connectivity index (χ2v) is 19.4. The number of piperazine rings is 1. The smallest absolute Gasteiger partial charge is 0.412 e. The van der Waals surface area contributed by atoms with Crippen LogP contribution in [0.5, 0.6) is 23.0 Å². The summed E-state index contributed by atoms with van der Waals surface area (Å²) in [7, 11) is 8.09. The third-order valence-electron chi connectivity index (χ3n) is 15.7. The van der Waals surface area contributed by atoms with E-state index in [1.165, 1.54) is 4.90 Å². The first-order valence-corrected chi connectivity index (χ1v) is 25.6. The Morgan fingerprint density at radius 2 is 1.50 bits per heavy atom. The Kier molecular flexibility index (Phi) is 15.7. The van der Waals surface area contributed by atoms with E-state index in [0.717, 1.165) is 64.2 Å². The van der Waals surface area contributed by atoms with Crippen molar-refractivity contribution in [2.24, 2.45) is 11.8 Å². The molecule has 1 aliphatic carbocycles. The number of anilines is 1. The van der Waals surface area contributed by atoms with Gasteiger partial charge in [0.25, 0.3) is 0 Å². The minimum atomic E-state index is -0.937. The quantitative estimate of drug-likeness (QED) is 0.0870. The summed E-state index contributed by atoms with van der Waals surface area (Å²) < 4.78 is 35.8. The minimum Gasteiger partial charge on any atom is -0.493 e. The molecule has 20 heteroatoms. The number of carbonyl (C=O) groups is 4. The Morgan fingerprint density at radius 1 is 0.811 bits per heavy atom. The maximum atomic E-state index is 15.3. The molecule has 2 aromatic carbocycles. The van der Waals surface area contributed by atoms with Gasteiger partial charge in [0.15, 0.2) is 28.6 Å². The summed E-state index contributed by atoms with van der Waals surface area (Å²) in [5.41, 5.74) is 5.09. The molecule has 6 heterocycles. The van der Waals surface area contributed by atoms with Gasteiger partial charge in [-0.2, -0.15) is 5.10 Å². The molecule has 1 saturated carbocycles. The molecule has 3 aliphatic heterocycles. The van der Waals surface area contributed by atoms with Crippen molar-refractivity contribution in [3.63, 3.8) is 0 Å². The molecule has 74 heavy (non-hydrogen) atoms. The van der Waals surface area contributed by atoms with Crippen molar-refractivity contribution in [3.8, 4) is 23.0 Å². The van der Waals surface area contributed by atoms with E-state index < -0.39 is 24.4 Å². The third kappa shape index (κ3) is 9.95. The van der Waals surface area contributed by atoms with Crippen molar-refractivity contribution in [1.82, 2.24) is 44.3 Å². The van der Waals surface area contributed by atoms with Crippen LogP contribution in [-0.4, -0.2) is 163 Å². The average Bonchev–Trinajstić information content (AvgIpc) is 3.87. The second kappa shape index (κ2) is 22.5. The number of nitrogens with zero attached hydrogens (tertiary/aromatic N) is 10. The van der Waals surface area contributed by atoms with E-state index in [1.807, 2.05) is 44.9 Å². The number of carbonyl (C=O) groups excluding carboxylic acids is 4. The van der Waals surface area contributed by atoms with Crippen LogP contribution in [0.4, 0.5) is 10.6 Å². The maximum absolute atomic E-state index is 15.3. The zero-order valence-electron chi connectivity index (χ0n) is 43.6. The average molecular weight is 1020 g/mol. The van der Waals surface area contributed by atoms with Crippen molar-refractivity contribution in [3.05, 3.63) is 89.1 Å². The van der Waals surface area contributed by atoms with Crippen LogP contribution in [-0.2, 0) is 48.8 Å². The molecule has 3 amide bonds. The van der Waals surface area contributed by atoms with Gasteiger partial charge in [-0.3, -0.25) is 24.3 Å². The summed E-state index contributed by atoms with van der Waals surface area (Å²) in [6.45, 7) is 7.95. The lowest BCUT2D eigenvalue weighted by atomic mass is 9.58. The van der Waals surface area contributed by atoms with Crippen molar-refractivity contribution in [2.75, 3.05) is 99.5 Å². The number of hydrogen-bond acceptors (Lipinski definition) is 16. The monoisotopic (exact) mass is 1020 g/mol. The van der Waals surface area contributed by atoms with Gasteiger partial charge < -0.3 is 48.0 Å². The molecule has 1 spiro atoms. The third-order valence-corrected chi connectivity index (χ3v) is 15.7. The lowest BCUT2D eigenvalue weighted by Gasteiger charge is -2.59. The number of rotatable bonds is 16. The van der Waals surface area contributed by atoms with E-state index in [9.17, 15) is 9.59 Å². The molecule has 0 radical (unpaired) electrons. The highest BCUT2D eigenvalue weighted by Gasteiger charge is 2.58. The Hall–Kier alpha value is -7.22. The van der Waals surface area contributed by atoms with Gasteiger partial charge in [-0.1, -0.05) is 13.8 Å². The van der Waals surface area contributed by atoms with Crippen LogP contribution >= 0.6 is 0 Å². The van der Waals surface area contributed by atoms with Crippen molar-refractivity contribution in [1.29, 1.82) is 0 Å². The Morgan fingerprint density at radius 3 is 2.20 bits per heavy atom. The summed E-state index contributed by atoms with van der Waals surface area (Å²) in [5, 5.41) is 5.53. The van der Waals surface area contributed by atoms with E-state index in [2.05, 4.69) is 43.9 Å². The van der Waals surface area contributed by atoms with Crippen LogP contribution in [0.3, 0.4) is 0 Å². The van der Waals surface area contributed by atoms with E-state index in [4.69, 9.17) is 33.4 Å². The number of methoxy groups -OCH3 is 4. The first kappa shape index (κ1) is 51.7. The van der Waals surface area contributed by atoms with E-state index in [-0.39, 0.29) is 49.1 Å². The largest absolute Gasteiger partial charge is 0.493 e. The molecule has 0 bridgehead atoms. The number of ether oxygens (including phenoxy) is 6. The predicted molar refractivity (Wildman–Crippen MR) is 273 cm³/mol. The van der Waals surface area contributed by atoms with Crippen LogP contribution in [0.15, 0.2) is 61.3 Å². The predicted octanol–water partition coefficient (Wildman–Crippen LogP) is 5.64. The highest BCUT2D eigenvalue weighted by molar-refractivity contribution is 5.87. The highest BCUT2D eigenvalue weighted by atomic mass is 16.7. The molecular formula is C54H68N10O10. The summed E-state index contributed by atoms with van der Waals surface area (Å²) >= 11 is 0. The highest BCUT2D eigenvalue weighted by Crippen LogP contribution is 2.59. The number of hydrogen-bond donors (Lipinski definition) is 0. The first-order chi connectivity index (χ1) is 36.0. The van der Waals surface area contributed by atoms with Crippen LogP contribution in [0, 0.1) is 11.8 Å². The van der Waals surface area contributed by atoms with E-state index in [1.54, 1.807) is 61.1 Å². The summed E-state index contributed by atoms with van der Waals surface area (Å²) in [6, 6.07) is 11.9. The number of esters is 1. The van der Waals surface area contributed by atoms with Crippen LogP contribution in [0.2, 0.25) is 0 Å². The lowest BCUT2D eigenvalue weighted by molar-refractivity contribution is -0.153. The molecule has 4 aliphatic rings. The Bertz CT molecular complexity index is 2840. The van der Waals surface area contributed by atoms with Crippen LogP contribution in [0.25, 0.3) is 11.0 Å². The zero-order chi connectivity index (χ0) is 52.1. The van der Waals surface area contributed by atoms with E-state index in [0.29, 0.717) is 87.9 Å². The normalized spacial score (nSPS) is 20.6. The molecule has 394 valence electrons. The Balaban J connectivity index is 1.06. The fraction of sp³-hybridized carbons (Fsp3) is 0.519. The molecule has 3 aromatic heterocycles. The number of fused-ring (bicyclic) bond motifs is 4. The number of pyridine rings is 1. The molecule has 2 unspecified atom stereocenters. The van der Waals surface area contributed by atoms with Gasteiger partial charge in [-0.15, -0.1) is 0 Å². The summed E-state index contributed by atoms with van der Waals surface area (Å²) in [6.07, 6.45) is 9.19. The molecule has 1 saturated heterocycles. The SMILES string of the molecule is CCC(=O)OCOC(=O)N(C)CCC(=O)N1CCc2cc(OC)c(OC)cc2[C@]12CC[C@@H](C(=O)N1CCN(c3ncnc4c3cnn4Cc3ccncc3)CC1)CC2C1c2cc(OC)c(OC)cc2CCN1CC. The number of amides is 3. The molecule has 4 atom stereocenters. The molecule has 20 nitrogen and oxygen atoms in total. The molecule has 9 rings (SSSR count). The van der Waals surface area contributed by atoms with Crippen LogP contribution in [0.1, 0.15) is 79.8 Å².